The number of fused-ring (bicyclic) bond motifs is 1. The van der Waals surface area contributed by atoms with E-state index < -0.39 is 5.97 Å². The highest BCUT2D eigenvalue weighted by molar-refractivity contribution is 7.13. The summed E-state index contributed by atoms with van der Waals surface area (Å²) in [5.74, 6) is -1.23. The largest absolute Gasteiger partial charge is 0.545 e. The van der Waals surface area contributed by atoms with Crippen LogP contribution in [0.3, 0.4) is 0 Å². The van der Waals surface area contributed by atoms with Crippen molar-refractivity contribution in [3.63, 3.8) is 0 Å². The fourth-order valence-electron chi connectivity index (χ4n) is 1.85. The van der Waals surface area contributed by atoms with Gasteiger partial charge in [0.1, 0.15) is 5.69 Å². The van der Waals surface area contributed by atoms with Crippen molar-refractivity contribution in [1.29, 1.82) is 0 Å². The third-order valence-corrected chi connectivity index (χ3v) is 3.50. The van der Waals surface area contributed by atoms with Crippen molar-refractivity contribution < 1.29 is 9.90 Å². The lowest BCUT2D eigenvalue weighted by molar-refractivity contribution is -0.254. The Morgan fingerprint density at radius 2 is 1.94 bits per heavy atom. The van der Waals surface area contributed by atoms with Crippen molar-refractivity contribution in [3.8, 4) is 10.6 Å². The quantitative estimate of drug-likeness (QED) is 0.699. The maximum atomic E-state index is 11.4. The summed E-state index contributed by atoms with van der Waals surface area (Å²) in [5.41, 5.74) is 1.02. The lowest BCUT2D eigenvalue weighted by Crippen LogP contribution is -2.24. The van der Waals surface area contributed by atoms with Gasteiger partial charge in [0.15, 0.2) is 0 Å². The van der Waals surface area contributed by atoms with Crippen LogP contribution in [0.15, 0.2) is 41.8 Å². The molecule has 0 unspecified atom stereocenters. The first-order chi connectivity index (χ1) is 8.77. The van der Waals surface area contributed by atoms with Crippen LogP contribution in [-0.4, -0.2) is 16.2 Å². The molecule has 2 heterocycles. The Morgan fingerprint density at radius 3 is 2.67 bits per heavy atom. The van der Waals surface area contributed by atoms with E-state index in [0.29, 0.717) is 16.6 Å². The molecule has 1 aromatic carbocycles. The van der Waals surface area contributed by atoms with Crippen LogP contribution < -0.4 is 5.11 Å². The second kappa shape index (κ2) is 4.19. The molecule has 5 heteroatoms. The first-order valence-corrected chi connectivity index (χ1v) is 6.16. The van der Waals surface area contributed by atoms with Crippen molar-refractivity contribution in [2.24, 2.45) is 0 Å². The molecule has 0 atom stereocenters. The molecule has 0 radical (unpaired) electrons. The van der Waals surface area contributed by atoms with Crippen molar-refractivity contribution in [2.45, 2.75) is 0 Å². The number of carbonyl (C=O) groups is 1. The molecular formula is C13H7N2O2S-. The highest BCUT2D eigenvalue weighted by Crippen LogP contribution is 2.29. The van der Waals surface area contributed by atoms with Gasteiger partial charge in [-0.3, -0.25) is 0 Å². The molecule has 3 aromatic rings. The predicted molar refractivity (Wildman–Crippen MR) is 67.2 cm³/mol. The molecule has 3 rings (SSSR count). The summed E-state index contributed by atoms with van der Waals surface area (Å²) in [5, 5.41) is 21.8. The molecular weight excluding hydrogens is 248 g/mol. The second-order valence-corrected chi connectivity index (χ2v) is 4.65. The fourth-order valence-corrected chi connectivity index (χ4v) is 2.56. The lowest BCUT2D eigenvalue weighted by atomic mass is 10.1. The number of carbonyl (C=O) groups excluding carboxylic acids is 1. The minimum absolute atomic E-state index is 0.100. The van der Waals surface area contributed by atoms with E-state index in [2.05, 4.69) is 10.2 Å². The van der Waals surface area contributed by atoms with Gasteiger partial charge in [-0.05, 0) is 17.5 Å². The normalized spacial score (nSPS) is 10.7. The van der Waals surface area contributed by atoms with Crippen LogP contribution in [0.2, 0.25) is 0 Å². The highest BCUT2D eigenvalue weighted by atomic mass is 32.1. The Hall–Kier alpha value is -2.27. The molecule has 4 nitrogen and oxygen atoms in total. The van der Waals surface area contributed by atoms with Crippen molar-refractivity contribution in [1.82, 2.24) is 10.2 Å². The summed E-state index contributed by atoms with van der Waals surface area (Å²) in [6.45, 7) is 0. The van der Waals surface area contributed by atoms with Crippen LogP contribution in [-0.2, 0) is 0 Å². The zero-order chi connectivity index (χ0) is 12.5. The summed E-state index contributed by atoms with van der Waals surface area (Å²) in [4.78, 5) is 12.1. The van der Waals surface area contributed by atoms with Gasteiger partial charge in [-0.1, -0.05) is 24.3 Å². The van der Waals surface area contributed by atoms with Crippen molar-refractivity contribution in [3.05, 3.63) is 47.3 Å². The molecule has 0 saturated heterocycles. The van der Waals surface area contributed by atoms with E-state index in [9.17, 15) is 9.90 Å². The van der Waals surface area contributed by atoms with E-state index in [1.165, 1.54) is 11.3 Å². The molecule has 0 fully saturated rings. The van der Waals surface area contributed by atoms with Crippen LogP contribution in [0.1, 0.15) is 10.4 Å². The predicted octanol–water partition coefficient (Wildman–Crippen LogP) is 1.72. The monoisotopic (exact) mass is 255 g/mol. The Morgan fingerprint density at radius 1 is 1.11 bits per heavy atom. The van der Waals surface area contributed by atoms with Crippen LogP contribution in [0.25, 0.3) is 21.5 Å². The van der Waals surface area contributed by atoms with Crippen LogP contribution in [0.5, 0.6) is 0 Å². The number of aromatic nitrogens is 2. The molecule has 0 bridgehead atoms. The molecule has 0 aliphatic rings. The number of rotatable bonds is 2. The average Bonchev–Trinajstić information content (AvgIpc) is 2.90. The Balaban J connectivity index is 2.39. The minimum atomic E-state index is -1.23. The van der Waals surface area contributed by atoms with Gasteiger partial charge < -0.3 is 9.90 Å². The molecule has 0 aliphatic heterocycles. The summed E-state index contributed by atoms with van der Waals surface area (Å²) in [7, 11) is 0. The van der Waals surface area contributed by atoms with E-state index >= 15 is 0 Å². The summed E-state index contributed by atoms with van der Waals surface area (Å²) >= 11 is 1.42. The van der Waals surface area contributed by atoms with Gasteiger partial charge >= 0.3 is 0 Å². The minimum Gasteiger partial charge on any atom is -0.545 e. The molecule has 0 saturated carbocycles. The second-order valence-electron chi connectivity index (χ2n) is 3.71. The van der Waals surface area contributed by atoms with Gasteiger partial charge in [0.25, 0.3) is 0 Å². The maximum absolute atomic E-state index is 11.4. The molecule has 0 amide bonds. The van der Waals surface area contributed by atoms with E-state index in [-0.39, 0.29) is 5.56 Å². The first kappa shape index (κ1) is 10.9. The SMILES string of the molecule is O=C([O-])c1c(-c2cccs2)nnc2ccccc12. The number of hydrogen-bond acceptors (Lipinski definition) is 5. The number of thiophene rings is 1. The van der Waals surface area contributed by atoms with Gasteiger partial charge in [0.05, 0.1) is 16.4 Å². The number of carboxylic acids is 1. The third-order valence-electron chi connectivity index (χ3n) is 2.63. The number of aromatic carboxylic acids is 1. The zero-order valence-corrected chi connectivity index (χ0v) is 9.98. The summed E-state index contributed by atoms with van der Waals surface area (Å²) in [6.07, 6.45) is 0. The fraction of sp³-hybridized carbons (Fsp3) is 0. The van der Waals surface area contributed by atoms with Crippen LogP contribution >= 0.6 is 11.3 Å². The van der Waals surface area contributed by atoms with Crippen LogP contribution in [0.4, 0.5) is 0 Å². The number of carboxylic acid groups (broad SMARTS) is 1. The summed E-state index contributed by atoms with van der Waals surface area (Å²) in [6, 6.07) is 10.7. The van der Waals surface area contributed by atoms with E-state index in [0.717, 1.165) is 4.88 Å². The Kier molecular flexibility index (Phi) is 2.53. The molecule has 0 aliphatic carbocycles. The summed E-state index contributed by atoms with van der Waals surface area (Å²) < 4.78 is 0. The molecule has 0 spiro atoms. The Bertz CT molecular complexity index is 723. The van der Waals surface area contributed by atoms with E-state index in [4.69, 9.17) is 0 Å². The topological polar surface area (TPSA) is 65.9 Å². The molecule has 2 aromatic heterocycles. The standard InChI is InChI=1S/C13H8N2O2S/c16-13(17)11-8-4-1-2-5-9(8)14-15-12(11)10-6-3-7-18-10/h1-7H,(H,16,17)/p-1. The smallest absolute Gasteiger partial charge is 0.113 e. The number of hydrogen-bond donors (Lipinski definition) is 0. The zero-order valence-electron chi connectivity index (χ0n) is 9.16. The maximum Gasteiger partial charge on any atom is 0.113 e. The van der Waals surface area contributed by atoms with Gasteiger partial charge in [0.2, 0.25) is 0 Å². The van der Waals surface area contributed by atoms with E-state index in [1.54, 1.807) is 24.3 Å². The van der Waals surface area contributed by atoms with Crippen LogP contribution in [0, 0.1) is 0 Å². The lowest BCUT2D eigenvalue weighted by Gasteiger charge is -2.10. The van der Waals surface area contributed by atoms with Gasteiger partial charge in [-0.2, -0.15) is 0 Å². The molecule has 18 heavy (non-hydrogen) atoms. The van der Waals surface area contributed by atoms with E-state index in [1.807, 2.05) is 17.5 Å². The van der Waals surface area contributed by atoms with Gasteiger partial charge in [0, 0.05) is 10.9 Å². The van der Waals surface area contributed by atoms with Gasteiger partial charge in [-0.25, -0.2) is 0 Å². The van der Waals surface area contributed by atoms with Crippen molar-refractivity contribution >= 4 is 28.2 Å². The highest BCUT2D eigenvalue weighted by Gasteiger charge is 2.13. The number of nitrogens with zero attached hydrogens (tertiary/aromatic N) is 2. The van der Waals surface area contributed by atoms with Gasteiger partial charge in [-0.15, -0.1) is 21.5 Å². The Labute approximate surface area is 107 Å². The average molecular weight is 255 g/mol. The number of benzene rings is 1. The first-order valence-electron chi connectivity index (χ1n) is 5.28. The third kappa shape index (κ3) is 1.65. The molecule has 88 valence electrons. The van der Waals surface area contributed by atoms with Crippen molar-refractivity contribution in [2.75, 3.05) is 0 Å². The molecule has 0 N–H and O–H groups in total.